The summed E-state index contributed by atoms with van der Waals surface area (Å²) in [5.74, 6) is 0.415. The maximum absolute atomic E-state index is 13.9. The summed E-state index contributed by atoms with van der Waals surface area (Å²) in [7, 11) is 0. The molecule has 0 amide bonds. The Labute approximate surface area is 127 Å². The maximum atomic E-state index is 13.9. The summed E-state index contributed by atoms with van der Waals surface area (Å²) < 4.78 is 19.7. The van der Waals surface area contributed by atoms with Crippen molar-refractivity contribution in [2.24, 2.45) is 0 Å². The highest BCUT2D eigenvalue weighted by Gasteiger charge is 2.18. The summed E-state index contributed by atoms with van der Waals surface area (Å²) in [5.41, 5.74) is 2.18. The highest BCUT2D eigenvalue weighted by Crippen LogP contribution is 2.33. The van der Waals surface area contributed by atoms with Crippen molar-refractivity contribution in [1.82, 2.24) is 0 Å². The minimum Gasteiger partial charge on any atom is -0.459 e. The van der Waals surface area contributed by atoms with Gasteiger partial charge in [0.15, 0.2) is 0 Å². The number of para-hydroxylation sites is 2. The van der Waals surface area contributed by atoms with Gasteiger partial charge in [0.25, 0.3) is 0 Å². The summed E-state index contributed by atoms with van der Waals surface area (Å²) >= 11 is 6.05. The summed E-state index contributed by atoms with van der Waals surface area (Å²) in [6.45, 7) is 3.93. The van der Waals surface area contributed by atoms with Crippen LogP contribution in [-0.4, -0.2) is 0 Å². The van der Waals surface area contributed by atoms with Gasteiger partial charge in [0.1, 0.15) is 17.2 Å². The van der Waals surface area contributed by atoms with Crippen LogP contribution < -0.4 is 5.32 Å². The first-order valence-corrected chi connectivity index (χ1v) is 7.14. The molecule has 3 aromatic rings. The van der Waals surface area contributed by atoms with Gasteiger partial charge in [-0.1, -0.05) is 35.9 Å². The molecule has 0 aliphatic heterocycles. The molecule has 0 fully saturated rings. The van der Waals surface area contributed by atoms with E-state index in [1.165, 1.54) is 6.07 Å². The average Bonchev–Trinajstić information content (AvgIpc) is 2.81. The second-order valence-electron chi connectivity index (χ2n) is 5.05. The molecule has 2 nitrogen and oxygen atoms in total. The van der Waals surface area contributed by atoms with E-state index in [-0.39, 0.29) is 11.9 Å². The Hall–Kier alpha value is -2.00. The minimum absolute atomic E-state index is 0.188. The van der Waals surface area contributed by atoms with Crippen molar-refractivity contribution in [3.63, 3.8) is 0 Å². The molecule has 1 N–H and O–H groups in total. The van der Waals surface area contributed by atoms with Crippen LogP contribution in [0, 0.1) is 12.7 Å². The lowest BCUT2D eigenvalue weighted by Crippen LogP contribution is -2.08. The molecule has 0 spiro atoms. The zero-order chi connectivity index (χ0) is 15.0. The summed E-state index contributed by atoms with van der Waals surface area (Å²) in [6.07, 6.45) is 0. The molecule has 1 aromatic heterocycles. The molecule has 3 rings (SSSR count). The van der Waals surface area contributed by atoms with Crippen molar-refractivity contribution in [3.8, 4) is 0 Å². The summed E-state index contributed by atoms with van der Waals surface area (Å²) in [6, 6.07) is 12.3. The zero-order valence-corrected chi connectivity index (χ0v) is 12.5. The third-order valence-electron chi connectivity index (χ3n) is 3.60. The second-order valence-corrected chi connectivity index (χ2v) is 5.46. The van der Waals surface area contributed by atoms with Gasteiger partial charge in [-0.05, 0) is 32.0 Å². The largest absolute Gasteiger partial charge is 0.459 e. The summed E-state index contributed by atoms with van der Waals surface area (Å²) in [5, 5.41) is 4.52. The molecule has 1 atom stereocenters. The van der Waals surface area contributed by atoms with Crippen molar-refractivity contribution in [2.75, 3.05) is 5.32 Å². The molecule has 0 saturated heterocycles. The molecule has 0 aliphatic rings. The van der Waals surface area contributed by atoms with E-state index in [0.29, 0.717) is 10.7 Å². The highest BCUT2D eigenvalue weighted by atomic mass is 35.5. The topological polar surface area (TPSA) is 25.2 Å². The van der Waals surface area contributed by atoms with Gasteiger partial charge < -0.3 is 9.73 Å². The summed E-state index contributed by atoms with van der Waals surface area (Å²) in [4.78, 5) is 0. The molecule has 0 aliphatic carbocycles. The van der Waals surface area contributed by atoms with Crippen molar-refractivity contribution in [1.29, 1.82) is 0 Å². The Balaban J connectivity index is 1.97. The van der Waals surface area contributed by atoms with Gasteiger partial charge in [0.2, 0.25) is 0 Å². The Bertz CT molecular complexity index is 776. The first kappa shape index (κ1) is 14.0. The lowest BCUT2D eigenvalue weighted by molar-refractivity contribution is 0.520. The Morgan fingerprint density at radius 3 is 2.62 bits per heavy atom. The first-order valence-electron chi connectivity index (χ1n) is 6.76. The molecule has 2 aromatic carbocycles. The minimum atomic E-state index is -0.372. The van der Waals surface area contributed by atoms with Gasteiger partial charge in [-0.2, -0.15) is 0 Å². The van der Waals surface area contributed by atoms with E-state index in [1.54, 1.807) is 12.1 Å². The normalized spacial score (nSPS) is 12.6. The van der Waals surface area contributed by atoms with Crippen molar-refractivity contribution in [3.05, 3.63) is 64.6 Å². The fraction of sp³-hybridized carbons (Fsp3) is 0.176. The van der Waals surface area contributed by atoms with E-state index in [0.717, 1.165) is 22.3 Å². The predicted octanol–water partition coefficient (Wildman–Crippen LogP) is 5.71. The number of hydrogen-bond donors (Lipinski definition) is 1. The van der Waals surface area contributed by atoms with E-state index in [4.69, 9.17) is 16.0 Å². The Morgan fingerprint density at radius 1 is 1.14 bits per heavy atom. The van der Waals surface area contributed by atoms with Crippen LogP contribution in [0.5, 0.6) is 0 Å². The SMILES string of the molecule is Cc1c(C(C)Nc2c(F)cccc2Cl)oc2ccccc12. The number of nitrogens with one attached hydrogen (secondary N) is 1. The van der Waals surface area contributed by atoms with Crippen molar-refractivity contribution >= 4 is 28.3 Å². The molecule has 0 radical (unpaired) electrons. The molecular formula is C17H15ClFNO. The number of anilines is 1. The molecule has 4 heteroatoms. The molecule has 0 bridgehead atoms. The van der Waals surface area contributed by atoms with Gasteiger partial charge in [0.05, 0.1) is 16.8 Å². The van der Waals surface area contributed by atoms with Gasteiger partial charge in [-0.3, -0.25) is 0 Å². The van der Waals surface area contributed by atoms with Gasteiger partial charge in [-0.25, -0.2) is 4.39 Å². The van der Waals surface area contributed by atoms with Crippen LogP contribution in [0.25, 0.3) is 11.0 Å². The Kier molecular flexibility index (Phi) is 3.60. The molecule has 108 valence electrons. The molecule has 21 heavy (non-hydrogen) atoms. The van der Waals surface area contributed by atoms with Crippen LogP contribution in [0.15, 0.2) is 46.9 Å². The van der Waals surface area contributed by atoms with Gasteiger partial charge in [-0.15, -0.1) is 0 Å². The third kappa shape index (κ3) is 2.49. The van der Waals surface area contributed by atoms with Crippen LogP contribution in [0.1, 0.15) is 24.3 Å². The fourth-order valence-electron chi connectivity index (χ4n) is 2.52. The van der Waals surface area contributed by atoms with Crippen LogP contribution in [0.3, 0.4) is 0 Å². The number of furan rings is 1. The predicted molar refractivity (Wildman–Crippen MR) is 84.4 cm³/mol. The fourth-order valence-corrected chi connectivity index (χ4v) is 2.74. The number of rotatable bonds is 3. The molecule has 0 saturated carbocycles. The average molecular weight is 304 g/mol. The highest BCUT2D eigenvalue weighted by molar-refractivity contribution is 6.33. The number of fused-ring (bicyclic) bond motifs is 1. The smallest absolute Gasteiger partial charge is 0.147 e. The standard InChI is InChI=1S/C17H15ClFNO/c1-10-12-6-3-4-9-15(12)21-17(10)11(2)20-16-13(18)7-5-8-14(16)19/h3-9,11,20H,1-2H3. The molecule has 1 unspecified atom stereocenters. The van der Waals surface area contributed by atoms with Crippen molar-refractivity contribution in [2.45, 2.75) is 19.9 Å². The quantitative estimate of drug-likeness (QED) is 0.670. The molecular weight excluding hydrogens is 289 g/mol. The second kappa shape index (κ2) is 5.41. The Morgan fingerprint density at radius 2 is 1.90 bits per heavy atom. The third-order valence-corrected chi connectivity index (χ3v) is 3.91. The molecule has 1 heterocycles. The van der Waals surface area contributed by atoms with E-state index < -0.39 is 0 Å². The lowest BCUT2D eigenvalue weighted by atomic mass is 10.1. The van der Waals surface area contributed by atoms with Crippen LogP contribution in [0.4, 0.5) is 10.1 Å². The lowest BCUT2D eigenvalue weighted by Gasteiger charge is -2.15. The maximum Gasteiger partial charge on any atom is 0.147 e. The van der Waals surface area contributed by atoms with Crippen LogP contribution >= 0.6 is 11.6 Å². The van der Waals surface area contributed by atoms with Gasteiger partial charge in [0, 0.05) is 10.9 Å². The van der Waals surface area contributed by atoms with Gasteiger partial charge >= 0.3 is 0 Å². The van der Waals surface area contributed by atoms with E-state index in [9.17, 15) is 4.39 Å². The first-order chi connectivity index (χ1) is 10.1. The number of aryl methyl sites for hydroxylation is 1. The van der Waals surface area contributed by atoms with Crippen LogP contribution in [0.2, 0.25) is 5.02 Å². The van der Waals surface area contributed by atoms with E-state index >= 15 is 0 Å². The zero-order valence-electron chi connectivity index (χ0n) is 11.8. The van der Waals surface area contributed by atoms with E-state index in [2.05, 4.69) is 5.32 Å². The van der Waals surface area contributed by atoms with Crippen molar-refractivity contribution < 1.29 is 8.81 Å². The number of halogens is 2. The van der Waals surface area contributed by atoms with E-state index in [1.807, 2.05) is 38.1 Å². The monoisotopic (exact) mass is 303 g/mol. The van der Waals surface area contributed by atoms with Crippen LogP contribution in [-0.2, 0) is 0 Å². The number of benzene rings is 2. The number of hydrogen-bond acceptors (Lipinski definition) is 2.